The summed E-state index contributed by atoms with van der Waals surface area (Å²) in [6.45, 7) is 2.34. The summed E-state index contributed by atoms with van der Waals surface area (Å²) in [5.74, 6) is 0.216. The van der Waals surface area contributed by atoms with Gasteiger partial charge in [-0.3, -0.25) is 0 Å². The molecule has 1 atom stereocenters. The van der Waals surface area contributed by atoms with Crippen molar-refractivity contribution in [3.05, 3.63) is 53.5 Å². The summed E-state index contributed by atoms with van der Waals surface area (Å²) in [5.41, 5.74) is 2.15. The summed E-state index contributed by atoms with van der Waals surface area (Å²) in [6.07, 6.45) is 3.11. The van der Waals surface area contributed by atoms with Gasteiger partial charge in [0, 0.05) is 38.4 Å². The van der Waals surface area contributed by atoms with E-state index in [2.05, 4.69) is 10.3 Å². The van der Waals surface area contributed by atoms with Gasteiger partial charge in [-0.05, 0) is 48.2 Å². The van der Waals surface area contributed by atoms with E-state index in [-0.39, 0.29) is 23.6 Å². The first kappa shape index (κ1) is 16.6. The zero-order valence-corrected chi connectivity index (χ0v) is 14.4. The minimum Gasteiger partial charge on any atom is -0.508 e. The molecule has 1 aromatic carbocycles. The molecule has 2 amide bonds. The first-order chi connectivity index (χ1) is 12.6. The number of aromatic hydroxyl groups is 1. The Bertz CT molecular complexity index is 829. The predicted molar refractivity (Wildman–Crippen MR) is 95.6 cm³/mol. The van der Waals surface area contributed by atoms with Crippen molar-refractivity contribution in [1.82, 2.24) is 15.2 Å². The van der Waals surface area contributed by atoms with E-state index in [0.29, 0.717) is 32.0 Å². The van der Waals surface area contributed by atoms with Gasteiger partial charge in [0.2, 0.25) is 0 Å². The molecule has 0 aliphatic carbocycles. The number of phenolic OH excluding ortho intramolecular Hbond substituents is 1. The molecule has 1 saturated heterocycles. The maximum atomic E-state index is 13.9. The third-order valence-corrected chi connectivity index (χ3v) is 5.04. The van der Waals surface area contributed by atoms with E-state index in [0.717, 1.165) is 18.4 Å². The van der Waals surface area contributed by atoms with Gasteiger partial charge >= 0.3 is 6.03 Å². The normalized spacial score (nSPS) is 19.3. The molecule has 2 aromatic rings. The Kier molecular flexibility index (Phi) is 4.36. The lowest BCUT2D eigenvalue weighted by Gasteiger charge is -2.30. The molecule has 4 rings (SSSR count). The number of anilines is 1. The number of rotatable bonds is 2. The quantitative estimate of drug-likeness (QED) is 0.866. The van der Waals surface area contributed by atoms with Gasteiger partial charge in [-0.25, -0.2) is 14.2 Å². The molecule has 2 aliphatic heterocycles. The van der Waals surface area contributed by atoms with Crippen molar-refractivity contribution in [3.63, 3.8) is 0 Å². The minimum atomic E-state index is -0.341. The average molecular weight is 356 g/mol. The molecule has 1 unspecified atom stereocenters. The SMILES string of the molecule is O=C(NC1CCN(c2ncccc2F)C1)N1CCc2ccc(O)cc2C1. The highest BCUT2D eigenvalue weighted by molar-refractivity contribution is 5.75. The van der Waals surface area contributed by atoms with Gasteiger partial charge in [0.15, 0.2) is 11.6 Å². The summed E-state index contributed by atoms with van der Waals surface area (Å²) in [4.78, 5) is 20.3. The van der Waals surface area contributed by atoms with Crippen LogP contribution in [0, 0.1) is 5.82 Å². The average Bonchev–Trinajstić information content (AvgIpc) is 3.09. The number of nitrogens with one attached hydrogen (secondary N) is 1. The lowest BCUT2D eigenvalue weighted by Crippen LogP contribution is -2.47. The van der Waals surface area contributed by atoms with Crippen LogP contribution >= 0.6 is 0 Å². The summed E-state index contributed by atoms with van der Waals surface area (Å²) in [6, 6.07) is 8.13. The first-order valence-electron chi connectivity index (χ1n) is 8.82. The van der Waals surface area contributed by atoms with Gasteiger partial charge in [0.05, 0.1) is 0 Å². The molecule has 3 heterocycles. The van der Waals surface area contributed by atoms with Gasteiger partial charge in [0.1, 0.15) is 5.75 Å². The number of halogens is 1. The number of hydrogen-bond acceptors (Lipinski definition) is 4. The van der Waals surface area contributed by atoms with Crippen LogP contribution < -0.4 is 10.2 Å². The minimum absolute atomic E-state index is 0.0329. The molecule has 6 nitrogen and oxygen atoms in total. The Morgan fingerprint density at radius 2 is 2.15 bits per heavy atom. The number of nitrogens with zero attached hydrogens (tertiary/aromatic N) is 3. The van der Waals surface area contributed by atoms with Crippen LogP contribution in [0.5, 0.6) is 5.75 Å². The summed E-state index contributed by atoms with van der Waals surface area (Å²) >= 11 is 0. The fourth-order valence-corrected chi connectivity index (χ4v) is 3.66. The number of fused-ring (bicyclic) bond motifs is 1. The summed E-state index contributed by atoms with van der Waals surface area (Å²) in [5, 5.41) is 12.7. The summed E-state index contributed by atoms with van der Waals surface area (Å²) < 4.78 is 13.9. The van der Waals surface area contributed by atoms with Crippen LogP contribution in [-0.4, -0.2) is 46.7 Å². The fourth-order valence-electron chi connectivity index (χ4n) is 3.66. The van der Waals surface area contributed by atoms with Crippen molar-refractivity contribution in [2.24, 2.45) is 0 Å². The standard InChI is InChI=1S/C19H21FN4O2/c20-17-2-1-7-21-18(17)23-9-6-15(12-23)22-19(26)24-8-5-13-3-4-16(25)10-14(13)11-24/h1-4,7,10,15,25H,5-6,8-9,11-12H2,(H,22,26). The van der Waals surface area contributed by atoms with Crippen LogP contribution in [0.25, 0.3) is 0 Å². The smallest absolute Gasteiger partial charge is 0.317 e. The molecule has 7 heteroatoms. The van der Waals surface area contributed by atoms with E-state index in [1.54, 1.807) is 29.3 Å². The molecule has 0 saturated carbocycles. The molecule has 0 spiro atoms. The lowest BCUT2D eigenvalue weighted by atomic mass is 10.00. The topological polar surface area (TPSA) is 68.7 Å². The molecular formula is C19H21FN4O2. The van der Waals surface area contributed by atoms with E-state index in [1.165, 1.54) is 11.6 Å². The number of carbonyl (C=O) groups excluding carboxylic acids is 1. The molecule has 0 bridgehead atoms. The van der Waals surface area contributed by atoms with E-state index >= 15 is 0 Å². The maximum Gasteiger partial charge on any atom is 0.317 e. The number of urea groups is 1. The van der Waals surface area contributed by atoms with Gasteiger partial charge in [-0.15, -0.1) is 0 Å². The Hall–Kier alpha value is -2.83. The van der Waals surface area contributed by atoms with Crippen LogP contribution in [0.1, 0.15) is 17.5 Å². The zero-order chi connectivity index (χ0) is 18.1. The van der Waals surface area contributed by atoms with Crippen LogP contribution in [0.2, 0.25) is 0 Å². The molecule has 26 heavy (non-hydrogen) atoms. The van der Waals surface area contributed by atoms with Crippen molar-refractivity contribution in [2.45, 2.75) is 25.4 Å². The first-order valence-corrected chi connectivity index (χ1v) is 8.82. The van der Waals surface area contributed by atoms with E-state index in [4.69, 9.17) is 0 Å². The van der Waals surface area contributed by atoms with Gasteiger partial charge < -0.3 is 20.2 Å². The van der Waals surface area contributed by atoms with E-state index < -0.39 is 0 Å². The van der Waals surface area contributed by atoms with Crippen LogP contribution in [0.15, 0.2) is 36.5 Å². The maximum absolute atomic E-state index is 13.9. The molecule has 1 fully saturated rings. The third kappa shape index (κ3) is 3.29. The van der Waals surface area contributed by atoms with Crippen molar-refractivity contribution < 1.29 is 14.3 Å². The fraction of sp³-hybridized carbons (Fsp3) is 0.368. The second-order valence-corrected chi connectivity index (χ2v) is 6.81. The van der Waals surface area contributed by atoms with Crippen LogP contribution in [0.3, 0.4) is 0 Å². The molecule has 2 aliphatic rings. The molecule has 0 radical (unpaired) electrons. The highest BCUT2D eigenvalue weighted by Crippen LogP contribution is 2.24. The third-order valence-electron chi connectivity index (χ3n) is 5.04. The predicted octanol–water partition coefficient (Wildman–Crippen LogP) is 2.27. The second kappa shape index (κ2) is 6.82. The van der Waals surface area contributed by atoms with Crippen molar-refractivity contribution >= 4 is 11.8 Å². The number of pyridine rings is 1. The molecular weight excluding hydrogens is 335 g/mol. The van der Waals surface area contributed by atoms with Gasteiger partial charge in [-0.2, -0.15) is 0 Å². The highest BCUT2D eigenvalue weighted by Gasteiger charge is 2.29. The van der Waals surface area contributed by atoms with Crippen molar-refractivity contribution in [2.75, 3.05) is 24.5 Å². The Balaban J connectivity index is 1.37. The van der Waals surface area contributed by atoms with Crippen LogP contribution in [-0.2, 0) is 13.0 Å². The van der Waals surface area contributed by atoms with Crippen molar-refractivity contribution in [3.8, 4) is 5.75 Å². The zero-order valence-electron chi connectivity index (χ0n) is 14.4. The molecule has 136 valence electrons. The summed E-state index contributed by atoms with van der Waals surface area (Å²) in [7, 11) is 0. The number of aromatic nitrogens is 1. The second-order valence-electron chi connectivity index (χ2n) is 6.81. The number of carbonyl (C=O) groups is 1. The number of phenols is 1. The van der Waals surface area contributed by atoms with E-state index in [9.17, 15) is 14.3 Å². The Labute approximate surface area is 151 Å². The van der Waals surface area contributed by atoms with E-state index in [1.807, 2.05) is 11.0 Å². The number of hydrogen-bond donors (Lipinski definition) is 2. The lowest BCUT2D eigenvalue weighted by molar-refractivity contribution is 0.189. The van der Waals surface area contributed by atoms with Crippen molar-refractivity contribution in [1.29, 1.82) is 0 Å². The molecule has 1 aromatic heterocycles. The Morgan fingerprint density at radius 3 is 3.00 bits per heavy atom. The largest absolute Gasteiger partial charge is 0.508 e. The van der Waals surface area contributed by atoms with Gasteiger partial charge in [0.25, 0.3) is 0 Å². The Morgan fingerprint density at radius 1 is 1.27 bits per heavy atom. The molecule has 2 N–H and O–H groups in total. The number of amides is 2. The van der Waals surface area contributed by atoms with Crippen LogP contribution in [0.4, 0.5) is 15.0 Å². The monoisotopic (exact) mass is 356 g/mol. The highest BCUT2D eigenvalue weighted by atomic mass is 19.1. The van der Waals surface area contributed by atoms with Gasteiger partial charge in [-0.1, -0.05) is 6.07 Å². The number of benzene rings is 1.